The zero-order valence-electron chi connectivity index (χ0n) is 20.2. The molecule has 2 heterocycles. The predicted octanol–water partition coefficient (Wildman–Crippen LogP) is 4.61. The van der Waals surface area contributed by atoms with Gasteiger partial charge in [-0.1, -0.05) is 60.7 Å². The minimum absolute atomic E-state index is 0.0228. The SMILES string of the molecule is Cc1cccc(C)c1OCC(O)Cn1c(C2CC(=O)N(Cc3ccccc3)C2)nc2ccccc21. The van der Waals surface area contributed by atoms with E-state index < -0.39 is 6.10 Å². The number of ether oxygens (including phenoxy) is 1. The second kappa shape index (κ2) is 9.92. The highest BCUT2D eigenvalue weighted by molar-refractivity contribution is 5.81. The molecule has 35 heavy (non-hydrogen) atoms. The van der Waals surface area contributed by atoms with Gasteiger partial charge < -0.3 is 19.3 Å². The third-order valence-electron chi connectivity index (χ3n) is 6.70. The van der Waals surface area contributed by atoms with Crippen LogP contribution in [-0.2, 0) is 17.9 Å². The molecular weight excluding hydrogens is 438 g/mol. The number of hydrogen-bond donors (Lipinski definition) is 1. The van der Waals surface area contributed by atoms with Crippen LogP contribution in [0.15, 0.2) is 72.8 Å². The highest BCUT2D eigenvalue weighted by Gasteiger charge is 2.34. The number of aliphatic hydroxyl groups is 1. The summed E-state index contributed by atoms with van der Waals surface area (Å²) in [6.45, 7) is 5.77. The minimum atomic E-state index is -0.720. The van der Waals surface area contributed by atoms with E-state index in [9.17, 15) is 9.90 Å². The number of carbonyl (C=O) groups excluding carboxylic acids is 1. The summed E-state index contributed by atoms with van der Waals surface area (Å²) in [6.07, 6.45) is -0.298. The maximum atomic E-state index is 12.9. The molecule has 0 bridgehead atoms. The van der Waals surface area contributed by atoms with Gasteiger partial charge in [-0.15, -0.1) is 0 Å². The van der Waals surface area contributed by atoms with Gasteiger partial charge in [-0.3, -0.25) is 4.79 Å². The number of carbonyl (C=O) groups is 1. The smallest absolute Gasteiger partial charge is 0.223 e. The highest BCUT2D eigenvalue weighted by Crippen LogP contribution is 2.31. The van der Waals surface area contributed by atoms with E-state index in [-0.39, 0.29) is 18.4 Å². The van der Waals surface area contributed by atoms with Gasteiger partial charge in [0, 0.05) is 25.4 Å². The normalized spacial score (nSPS) is 16.7. The molecule has 1 aliphatic heterocycles. The molecule has 6 heteroatoms. The summed E-state index contributed by atoms with van der Waals surface area (Å²) in [5.74, 6) is 1.78. The summed E-state index contributed by atoms with van der Waals surface area (Å²) in [5, 5.41) is 10.9. The van der Waals surface area contributed by atoms with Crippen LogP contribution in [-0.4, -0.2) is 44.7 Å². The van der Waals surface area contributed by atoms with Gasteiger partial charge in [-0.2, -0.15) is 0 Å². The minimum Gasteiger partial charge on any atom is -0.490 e. The molecule has 1 aliphatic rings. The second-order valence-electron chi connectivity index (χ2n) is 9.42. The number of fused-ring (bicyclic) bond motifs is 1. The molecule has 0 saturated carbocycles. The van der Waals surface area contributed by atoms with E-state index in [0.717, 1.165) is 39.3 Å². The van der Waals surface area contributed by atoms with E-state index in [1.54, 1.807) is 0 Å². The van der Waals surface area contributed by atoms with E-state index in [1.807, 2.05) is 91.5 Å². The Bertz CT molecular complexity index is 1310. The molecule has 5 rings (SSSR count). The third-order valence-corrected chi connectivity index (χ3v) is 6.70. The molecule has 1 N–H and O–H groups in total. The van der Waals surface area contributed by atoms with Gasteiger partial charge in [0.25, 0.3) is 0 Å². The Morgan fingerprint density at radius 3 is 2.49 bits per heavy atom. The molecule has 0 aliphatic carbocycles. The van der Waals surface area contributed by atoms with E-state index >= 15 is 0 Å². The maximum Gasteiger partial charge on any atom is 0.223 e. The lowest BCUT2D eigenvalue weighted by Crippen LogP contribution is -2.26. The zero-order chi connectivity index (χ0) is 24.4. The van der Waals surface area contributed by atoms with Crippen molar-refractivity contribution in [1.29, 1.82) is 0 Å². The molecule has 1 saturated heterocycles. The number of aryl methyl sites for hydroxylation is 2. The van der Waals surface area contributed by atoms with Gasteiger partial charge in [-0.25, -0.2) is 4.98 Å². The van der Waals surface area contributed by atoms with Crippen LogP contribution < -0.4 is 4.74 Å². The average Bonchev–Trinajstić information content (AvgIpc) is 3.39. The summed E-state index contributed by atoms with van der Waals surface area (Å²) in [4.78, 5) is 19.7. The first-order valence-electron chi connectivity index (χ1n) is 12.1. The van der Waals surface area contributed by atoms with Crippen LogP contribution in [0.3, 0.4) is 0 Å². The van der Waals surface area contributed by atoms with E-state index in [0.29, 0.717) is 26.1 Å². The van der Waals surface area contributed by atoms with Gasteiger partial charge >= 0.3 is 0 Å². The first-order chi connectivity index (χ1) is 17.0. The van der Waals surface area contributed by atoms with Crippen molar-refractivity contribution in [1.82, 2.24) is 14.5 Å². The number of aromatic nitrogens is 2. The van der Waals surface area contributed by atoms with Gasteiger partial charge in [0.1, 0.15) is 24.3 Å². The standard InChI is InChI=1S/C29H31N3O3/c1-20-9-8-10-21(2)28(20)35-19-24(33)18-32-26-14-7-6-13-25(26)30-29(32)23-15-27(34)31(17-23)16-22-11-4-3-5-12-22/h3-14,23-24,33H,15-19H2,1-2H3. The zero-order valence-corrected chi connectivity index (χ0v) is 20.2. The summed E-state index contributed by atoms with van der Waals surface area (Å²) >= 11 is 0. The number of hydrogen-bond acceptors (Lipinski definition) is 4. The summed E-state index contributed by atoms with van der Waals surface area (Å²) in [5.41, 5.74) is 5.05. The quantitative estimate of drug-likeness (QED) is 0.409. The topological polar surface area (TPSA) is 67.6 Å². The first kappa shape index (κ1) is 23.1. The number of para-hydroxylation sites is 3. The van der Waals surface area contributed by atoms with Crippen LogP contribution in [0.1, 0.15) is 34.9 Å². The van der Waals surface area contributed by atoms with Gasteiger partial charge in [0.05, 0.1) is 17.6 Å². The Labute approximate surface area is 205 Å². The van der Waals surface area contributed by atoms with E-state index in [2.05, 4.69) is 4.57 Å². The fourth-order valence-electron chi connectivity index (χ4n) is 4.97. The van der Waals surface area contributed by atoms with Crippen LogP contribution in [0.5, 0.6) is 5.75 Å². The van der Waals surface area contributed by atoms with Crippen molar-refractivity contribution in [2.24, 2.45) is 0 Å². The van der Waals surface area contributed by atoms with Crippen molar-refractivity contribution in [2.75, 3.05) is 13.2 Å². The maximum absolute atomic E-state index is 12.9. The molecule has 180 valence electrons. The Kier molecular flexibility index (Phi) is 6.55. The largest absolute Gasteiger partial charge is 0.490 e. The number of likely N-dealkylation sites (tertiary alicyclic amines) is 1. The van der Waals surface area contributed by atoms with Crippen molar-refractivity contribution in [3.63, 3.8) is 0 Å². The Balaban J connectivity index is 1.35. The number of nitrogens with zero attached hydrogens (tertiary/aromatic N) is 3. The lowest BCUT2D eigenvalue weighted by atomic mass is 10.1. The molecule has 2 unspecified atom stereocenters. The molecule has 1 fully saturated rings. The van der Waals surface area contributed by atoms with Crippen LogP contribution in [0.2, 0.25) is 0 Å². The average molecular weight is 470 g/mol. The van der Waals surface area contributed by atoms with Crippen LogP contribution in [0.4, 0.5) is 0 Å². The number of amides is 1. The Morgan fingerprint density at radius 1 is 1.00 bits per heavy atom. The summed E-state index contributed by atoms with van der Waals surface area (Å²) in [7, 11) is 0. The van der Waals surface area contributed by atoms with Gasteiger partial charge in [0.2, 0.25) is 5.91 Å². The predicted molar refractivity (Wildman–Crippen MR) is 136 cm³/mol. The fourth-order valence-corrected chi connectivity index (χ4v) is 4.97. The molecule has 1 amide bonds. The molecule has 0 radical (unpaired) electrons. The molecule has 3 aromatic carbocycles. The molecule has 2 atom stereocenters. The highest BCUT2D eigenvalue weighted by atomic mass is 16.5. The lowest BCUT2D eigenvalue weighted by molar-refractivity contribution is -0.128. The molecule has 4 aromatic rings. The van der Waals surface area contributed by atoms with Crippen molar-refractivity contribution in [2.45, 2.75) is 45.4 Å². The van der Waals surface area contributed by atoms with E-state index in [1.165, 1.54) is 0 Å². The summed E-state index contributed by atoms with van der Waals surface area (Å²) in [6, 6.07) is 24.0. The van der Waals surface area contributed by atoms with E-state index in [4.69, 9.17) is 9.72 Å². The third kappa shape index (κ3) is 4.93. The molecule has 6 nitrogen and oxygen atoms in total. The Hall–Kier alpha value is -3.64. The van der Waals surface area contributed by atoms with Crippen LogP contribution in [0, 0.1) is 13.8 Å². The lowest BCUT2D eigenvalue weighted by Gasteiger charge is -2.20. The molecular formula is C29H31N3O3. The number of benzene rings is 3. The van der Waals surface area contributed by atoms with Crippen LogP contribution >= 0.6 is 0 Å². The van der Waals surface area contributed by atoms with Crippen molar-refractivity contribution in [3.05, 3.63) is 95.3 Å². The van der Waals surface area contributed by atoms with Crippen molar-refractivity contribution >= 4 is 16.9 Å². The van der Waals surface area contributed by atoms with Crippen molar-refractivity contribution in [3.8, 4) is 5.75 Å². The number of aliphatic hydroxyl groups excluding tert-OH is 1. The fraction of sp³-hybridized carbons (Fsp3) is 0.310. The first-order valence-corrected chi connectivity index (χ1v) is 12.1. The number of rotatable bonds is 8. The Morgan fingerprint density at radius 2 is 1.71 bits per heavy atom. The van der Waals surface area contributed by atoms with Crippen LogP contribution in [0.25, 0.3) is 11.0 Å². The molecule has 1 aromatic heterocycles. The second-order valence-corrected chi connectivity index (χ2v) is 9.42. The molecule has 0 spiro atoms. The van der Waals surface area contributed by atoms with Crippen molar-refractivity contribution < 1.29 is 14.6 Å². The summed E-state index contributed by atoms with van der Waals surface area (Å²) < 4.78 is 8.08. The monoisotopic (exact) mass is 469 g/mol. The van der Waals surface area contributed by atoms with Gasteiger partial charge in [0.15, 0.2) is 0 Å². The number of imidazole rings is 1. The van der Waals surface area contributed by atoms with Gasteiger partial charge in [-0.05, 0) is 42.7 Å².